The molecule has 1 aromatic rings. The summed E-state index contributed by atoms with van der Waals surface area (Å²) < 4.78 is 44.1. The highest BCUT2D eigenvalue weighted by molar-refractivity contribution is 5.95. The number of anilines is 1. The van der Waals surface area contributed by atoms with E-state index >= 15 is 0 Å². The van der Waals surface area contributed by atoms with E-state index in [0.29, 0.717) is 17.9 Å². The van der Waals surface area contributed by atoms with E-state index in [1.165, 1.54) is 0 Å². The number of fused-ring (bicyclic) bond motifs is 1. The molecule has 1 saturated carbocycles. The molecule has 3 atom stereocenters. The minimum atomic E-state index is -4.11. The van der Waals surface area contributed by atoms with Crippen LogP contribution < -0.4 is 15.4 Å². The monoisotopic (exact) mass is 342 g/mol. The minimum Gasteiger partial charge on any atom is -0.482 e. The van der Waals surface area contributed by atoms with Crippen molar-refractivity contribution in [1.29, 1.82) is 0 Å². The Morgan fingerprint density at radius 1 is 1.33 bits per heavy atom. The average Bonchev–Trinajstić information content (AvgIpc) is 2.53. The Hall–Kier alpha value is -1.76. The van der Waals surface area contributed by atoms with Crippen molar-refractivity contribution in [3.63, 3.8) is 0 Å². The Labute approximate surface area is 138 Å². The maximum Gasteiger partial charge on any atom is 0.391 e. The zero-order chi connectivity index (χ0) is 17.3. The van der Waals surface area contributed by atoms with Crippen LogP contribution in [0.5, 0.6) is 5.75 Å². The molecule has 4 nitrogen and oxygen atoms in total. The number of ether oxygens (including phenoxy) is 1. The highest BCUT2D eigenvalue weighted by Gasteiger charge is 2.42. The van der Waals surface area contributed by atoms with Crippen LogP contribution in [-0.4, -0.2) is 24.7 Å². The number of alkyl halides is 3. The lowest BCUT2D eigenvalue weighted by molar-refractivity contribution is -0.183. The first-order valence-electron chi connectivity index (χ1n) is 8.22. The van der Waals surface area contributed by atoms with Gasteiger partial charge in [-0.2, -0.15) is 13.2 Å². The number of carbonyl (C=O) groups excluding carboxylic acids is 1. The van der Waals surface area contributed by atoms with Crippen LogP contribution in [-0.2, 0) is 4.79 Å². The lowest BCUT2D eigenvalue weighted by Gasteiger charge is -2.33. The van der Waals surface area contributed by atoms with Crippen LogP contribution in [0, 0.1) is 5.92 Å². The summed E-state index contributed by atoms with van der Waals surface area (Å²) in [5.41, 5.74) is 1.52. The molecule has 0 saturated heterocycles. The quantitative estimate of drug-likeness (QED) is 0.879. The number of halogens is 3. The van der Waals surface area contributed by atoms with Gasteiger partial charge in [-0.3, -0.25) is 4.79 Å². The van der Waals surface area contributed by atoms with Crippen LogP contribution in [0.3, 0.4) is 0 Å². The smallest absolute Gasteiger partial charge is 0.391 e. The third-order valence-electron chi connectivity index (χ3n) is 4.76. The molecule has 0 radical (unpaired) electrons. The SMILES string of the molecule is C[C@H](N[C@H]1CCC[C@@H](C(F)(F)F)C1)c1ccc2c(c1)NC(=O)CO2. The van der Waals surface area contributed by atoms with Gasteiger partial charge in [0.2, 0.25) is 0 Å². The first-order valence-corrected chi connectivity index (χ1v) is 8.22. The lowest BCUT2D eigenvalue weighted by atomic mass is 9.84. The van der Waals surface area contributed by atoms with Crippen LogP contribution in [0.4, 0.5) is 18.9 Å². The van der Waals surface area contributed by atoms with E-state index < -0.39 is 12.1 Å². The molecule has 1 fully saturated rings. The standard InChI is InChI=1S/C17H21F3N2O2/c1-10(21-13-4-2-3-12(8-13)17(18,19)20)11-5-6-15-14(7-11)22-16(23)9-24-15/h5-7,10,12-13,21H,2-4,8-9H2,1H3,(H,22,23)/t10-,12+,13-/m0/s1. The molecule has 1 heterocycles. The van der Waals surface area contributed by atoms with Crippen molar-refractivity contribution in [3.8, 4) is 5.75 Å². The van der Waals surface area contributed by atoms with Crippen molar-refractivity contribution < 1.29 is 22.7 Å². The molecule has 0 unspecified atom stereocenters. The topological polar surface area (TPSA) is 50.4 Å². The zero-order valence-corrected chi connectivity index (χ0v) is 13.5. The summed E-state index contributed by atoms with van der Waals surface area (Å²) in [5, 5.41) is 6.05. The predicted molar refractivity (Wildman–Crippen MR) is 83.9 cm³/mol. The van der Waals surface area contributed by atoms with Gasteiger partial charge in [0, 0.05) is 12.1 Å². The molecule has 0 aromatic heterocycles. The van der Waals surface area contributed by atoms with Gasteiger partial charge in [0.25, 0.3) is 5.91 Å². The van der Waals surface area contributed by atoms with Gasteiger partial charge >= 0.3 is 6.18 Å². The Bertz CT molecular complexity index is 618. The van der Waals surface area contributed by atoms with Gasteiger partial charge in [-0.1, -0.05) is 12.5 Å². The van der Waals surface area contributed by atoms with E-state index in [-0.39, 0.29) is 37.4 Å². The molecule has 0 bridgehead atoms. The number of benzene rings is 1. The van der Waals surface area contributed by atoms with Gasteiger partial charge in [0.15, 0.2) is 6.61 Å². The van der Waals surface area contributed by atoms with Crippen molar-refractivity contribution in [3.05, 3.63) is 23.8 Å². The fraction of sp³-hybridized carbons (Fsp3) is 0.588. The molecule has 1 amide bonds. The van der Waals surface area contributed by atoms with Gasteiger partial charge in [-0.05, 0) is 43.9 Å². The molecule has 7 heteroatoms. The average molecular weight is 342 g/mol. The second kappa shape index (κ2) is 6.63. The van der Waals surface area contributed by atoms with E-state index in [1.54, 1.807) is 6.07 Å². The minimum absolute atomic E-state index is 0.00105. The van der Waals surface area contributed by atoms with Crippen molar-refractivity contribution in [2.24, 2.45) is 5.92 Å². The summed E-state index contributed by atoms with van der Waals surface area (Å²) in [4.78, 5) is 11.4. The van der Waals surface area contributed by atoms with E-state index in [1.807, 2.05) is 19.1 Å². The number of carbonyl (C=O) groups is 1. The normalized spacial score (nSPS) is 25.4. The van der Waals surface area contributed by atoms with E-state index in [2.05, 4.69) is 10.6 Å². The number of nitrogens with one attached hydrogen (secondary N) is 2. The Morgan fingerprint density at radius 2 is 2.12 bits per heavy atom. The van der Waals surface area contributed by atoms with Gasteiger partial charge in [0.1, 0.15) is 5.75 Å². The Kier molecular flexibility index (Phi) is 4.71. The lowest BCUT2D eigenvalue weighted by Crippen LogP contribution is -2.39. The molecule has 24 heavy (non-hydrogen) atoms. The maximum atomic E-state index is 12.9. The number of rotatable bonds is 3. The first-order chi connectivity index (χ1) is 11.3. The molecule has 2 aliphatic rings. The summed E-state index contributed by atoms with van der Waals surface area (Å²) in [6.07, 6.45) is -2.43. The summed E-state index contributed by atoms with van der Waals surface area (Å²) in [7, 11) is 0. The molecular formula is C17H21F3N2O2. The van der Waals surface area contributed by atoms with E-state index in [4.69, 9.17) is 4.74 Å². The second-order valence-corrected chi connectivity index (χ2v) is 6.58. The maximum absolute atomic E-state index is 12.9. The first kappa shape index (κ1) is 17.1. The molecule has 0 spiro atoms. The number of hydrogen-bond acceptors (Lipinski definition) is 3. The second-order valence-electron chi connectivity index (χ2n) is 6.58. The fourth-order valence-corrected chi connectivity index (χ4v) is 3.46. The molecule has 2 N–H and O–H groups in total. The van der Waals surface area contributed by atoms with Crippen molar-refractivity contribution >= 4 is 11.6 Å². The molecular weight excluding hydrogens is 321 g/mol. The van der Waals surface area contributed by atoms with Gasteiger partial charge in [0.05, 0.1) is 11.6 Å². The van der Waals surface area contributed by atoms with Gasteiger partial charge < -0.3 is 15.4 Å². The largest absolute Gasteiger partial charge is 0.482 e. The summed E-state index contributed by atoms with van der Waals surface area (Å²) in [5.74, 6) is -0.812. The predicted octanol–water partition coefficient (Wildman–Crippen LogP) is 3.79. The highest BCUT2D eigenvalue weighted by Crippen LogP contribution is 2.38. The van der Waals surface area contributed by atoms with E-state index in [0.717, 1.165) is 12.0 Å². The van der Waals surface area contributed by atoms with Crippen molar-refractivity contribution in [2.75, 3.05) is 11.9 Å². The molecule has 132 valence electrons. The van der Waals surface area contributed by atoms with Crippen LogP contribution >= 0.6 is 0 Å². The number of amides is 1. The summed E-state index contributed by atoms with van der Waals surface area (Å²) in [6, 6.07) is 5.21. The highest BCUT2D eigenvalue weighted by atomic mass is 19.4. The zero-order valence-electron chi connectivity index (χ0n) is 13.5. The Morgan fingerprint density at radius 3 is 2.88 bits per heavy atom. The van der Waals surface area contributed by atoms with Crippen LogP contribution in [0.25, 0.3) is 0 Å². The third-order valence-corrected chi connectivity index (χ3v) is 4.76. The third kappa shape index (κ3) is 3.83. The van der Waals surface area contributed by atoms with E-state index in [9.17, 15) is 18.0 Å². The molecule has 1 aliphatic carbocycles. The summed E-state index contributed by atoms with van der Waals surface area (Å²) >= 11 is 0. The molecule has 1 aromatic carbocycles. The van der Waals surface area contributed by atoms with Crippen LogP contribution in [0.15, 0.2) is 18.2 Å². The van der Waals surface area contributed by atoms with Crippen molar-refractivity contribution in [2.45, 2.75) is 50.9 Å². The van der Waals surface area contributed by atoms with Crippen LogP contribution in [0.2, 0.25) is 0 Å². The summed E-state index contributed by atoms with van der Waals surface area (Å²) in [6.45, 7) is 1.92. The fourth-order valence-electron chi connectivity index (χ4n) is 3.46. The van der Waals surface area contributed by atoms with Crippen LogP contribution in [0.1, 0.15) is 44.2 Å². The number of hydrogen-bond donors (Lipinski definition) is 2. The van der Waals surface area contributed by atoms with Gasteiger partial charge in [-0.15, -0.1) is 0 Å². The molecule has 3 rings (SSSR count). The Balaban J connectivity index is 1.65. The van der Waals surface area contributed by atoms with Gasteiger partial charge in [-0.25, -0.2) is 0 Å². The van der Waals surface area contributed by atoms with Crippen molar-refractivity contribution in [1.82, 2.24) is 5.32 Å². The molecule has 1 aliphatic heterocycles.